The summed E-state index contributed by atoms with van der Waals surface area (Å²) in [6.07, 6.45) is 2.33. The highest BCUT2D eigenvalue weighted by molar-refractivity contribution is 5.79. The van der Waals surface area contributed by atoms with E-state index in [1.165, 1.54) is 12.1 Å². The average molecular weight is 385 g/mol. The number of nitrogens with one attached hydrogen (secondary N) is 1. The number of aromatic amines is 1. The predicted octanol–water partition coefficient (Wildman–Crippen LogP) is 2.70. The first kappa shape index (κ1) is 19.1. The first-order valence-corrected chi connectivity index (χ1v) is 10.1. The Balaban J connectivity index is 1.56. The lowest BCUT2D eigenvalue weighted by atomic mass is 9.86. The van der Waals surface area contributed by atoms with Gasteiger partial charge < -0.3 is 9.80 Å². The molecule has 0 spiro atoms. The number of likely N-dealkylation sites (tertiary alicyclic amines) is 2. The molecule has 2 saturated heterocycles. The molecule has 0 bridgehead atoms. The fraction of sp³-hybridized carbons (Fsp3) is 0.571. The summed E-state index contributed by atoms with van der Waals surface area (Å²) in [6.45, 7) is 5.76. The van der Waals surface area contributed by atoms with Gasteiger partial charge in [-0.05, 0) is 44.1 Å². The quantitative estimate of drug-likeness (QED) is 0.879. The highest BCUT2D eigenvalue weighted by atomic mass is 19.1. The molecule has 7 heteroatoms. The molecule has 2 aliphatic heterocycles. The van der Waals surface area contributed by atoms with Crippen LogP contribution in [0.25, 0.3) is 0 Å². The number of halogens is 1. The van der Waals surface area contributed by atoms with Gasteiger partial charge in [-0.25, -0.2) is 9.37 Å². The Morgan fingerprint density at radius 1 is 1.32 bits per heavy atom. The van der Waals surface area contributed by atoms with Crippen LogP contribution < -0.4 is 0 Å². The van der Waals surface area contributed by atoms with Gasteiger partial charge in [0, 0.05) is 30.5 Å². The van der Waals surface area contributed by atoms with E-state index in [0.29, 0.717) is 12.4 Å². The van der Waals surface area contributed by atoms with Crippen LogP contribution in [0.15, 0.2) is 24.3 Å². The maximum absolute atomic E-state index is 13.4. The molecule has 1 N–H and O–H groups in total. The second-order valence-electron chi connectivity index (χ2n) is 8.36. The number of H-pyrrole nitrogens is 1. The molecule has 0 saturated carbocycles. The highest BCUT2D eigenvalue weighted by Gasteiger charge is 2.47. The lowest BCUT2D eigenvalue weighted by molar-refractivity contribution is -0.132. The summed E-state index contributed by atoms with van der Waals surface area (Å²) in [5.74, 6) is 1.64. The Morgan fingerprint density at radius 2 is 2.07 bits per heavy atom. The third-order valence-corrected chi connectivity index (χ3v) is 6.12. The lowest BCUT2D eigenvalue weighted by Gasteiger charge is -2.39. The number of amides is 1. The molecule has 2 aromatic rings. The van der Waals surface area contributed by atoms with Crippen LogP contribution in [-0.4, -0.2) is 63.1 Å². The Hall–Kier alpha value is -2.28. The molecule has 1 aromatic carbocycles. The zero-order valence-electron chi connectivity index (χ0n) is 16.7. The molecule has 2 fully saturated rings. The molecule has 2 aliphatic rings. The molecule has 1 amide bonds. The van der Waals surface area contributed by atoms with Crippen LogP contribution in [0, 0.1) is 5.82 Å². The first-order chi connectivity index (χ1) is 13.4. The number of piperidine rings is 1. The Kier molecular flexibility index (Phi) is 5.19. The molecule has 0 aliphatic carbocycles. The molecule has 28 heavy (non-hydrogen) atoms. The predicted molar refractivity (Wildman–Crippen MR) is 104 cm³/mol. The summed E-state index contributed by atoms with van der Waals surface area (Å²) < 4.78 is 13.4. The molecule has 3 heterocycles. The van der Waals surface area contributed by atoms with Crippen LogP contribution in [0.1, 0.15) is 55.7 Å². The minimum atomic E-state index is -0.227. The normalized spacial score (nSPS) is 25.3. The highest BCUT2D eigenvalue weighted by Crippen LogP contribution is 2.39. The second kappa shape index (κ2) is 7.62. The van der Waals surface area contributed by atoms with E-state index < -0.39 is 0 Å². The number of fused-ring (bicyclic) bond motifs is 1. The van der Waals surface area contributed by atoms with Gasteiger partial charge in [-0.15, -0.1) is 0 Å². The van der Waals surface area contributed by atoms with E-state index in [2.05, 4.69) is 27.1 Å². The smallest absolute Gasteiger partial charge is 0.230 e. The van der Waals surface area contributed by atoms with E-state index in [1.54, 1.807) is 0 Å². The van der Waals surface area contributed by atoms with E-state index in [9.17, 15) is 9.18 Å². The Bertz CT molecular complexity index is 834. The fourth-order valence-corrected chi connectivity index (χ4v) is 4.73. The van der Waals surface area contributed by atoms with Gasteiger partial charge >= 0.3 is 0 Å². The van der Waals surface area contributed by atoms with E-state index >= 15 is 0 Å². The molecule has 0 unspecified atom stereocenters. The number of rotatable bonds is 4. The van der Waals surface area contributed by atoms with Crippen molar-refractivity contribution in [2.24, 2.45) is 0 Å². The maximum Gasteiger partial charge on any atom is 0.230 e. The third-order valence-electron chi connectivity index (χ3n) is 6.12. The van der Waals surface area contributed by atoms with Gasteiger partial charge in [0.2, 0.25) is 5.91 Å². The minimum Gasteiger partial charge on any atom is -0.337 e. The average Bonchev–Trinajstić information content (AvgIpc) is 3.28. The lowest BCUT2D eigenvalue weighted by Crippen LogP contribution is -2.50. The van der Waals surface area contributed by atoms with Crippen LogP contribution >= 0.6 is 0 Å². The number of aromatic nitrogens is 3. The zero-order chi connectivity index (χ0) is 19.8. The molecular formula is C21H28FN5O. The second-order valence-corrected chi connectivity index (χ2v) is 8.36. The van der Waals surface area contributed by atoms with Gasteiger partial charge in [0.15, 0.2) is 5.82 Å². The van der Waals surface area contributed by atoms with E-state index in [1.807, 2.05) is 30.9 Å². The van der Waals surface area contributed by atoms with E-state index in [4.69, 9.17) is 0 Å². The van der Waals surface area contributed by atoms with Gasteiger partial charge in [-0.1, -0.05) is 26.0 Å². The molecule has 0 radical (unpaired) electrons. The summed E-state index contributed by atoms with van der Waals surface area (Å²) in [4.78, 5) is 22.0. The molecule has 3 atom stereocenters. The van der Waals surface area contributed by atoms with Crippen molar-refractivity contribution in [2.75, 3.05) is 20.1 Å². The van der Waals surface area contributed by atoms with Gasteiger partial charge in [0.25, 0.3) is 0 Å². The zero-order valence-corrected chi connectivity index (χ0v) is 16.7. The summed E-state index contributed by atoms with van der Waals surface area (Å²) in [6, 6.07) is 7.20. The molecule has 6 nitrogen and oxygen atoms in total. The number of likely N-dealkylation sites (N-methyl/N-ethyl adjacent to an activating group) is 1. The van der Waals surface area contributed by atoms with Crippen molar-refractivity contribution >= 4 is 5.91 Å². The monoisotopic (exact) mass is 385 g/mol. The van der Waals surface area contributed by atoms with Gasteiger partial charge in [0.1, 0.15) is 11.6 Å². The van der Waals surface area contributed by atoms with Gasteiger partial charge in [0.05, 0.1) is 6.42 Å². The van der Waals surface area contributed by atoms with Gasteiger partial charge in [-0.2, -0.15) is 5.10 Å². The Morgan fingerprint density at radius 3 is 2.75 bits per heavy atom. The van der Waals surface area contributed by atoms with Crippen LogP contribution in [-0.2, 0) is 11.2 Å². The van der Waals surface area contributed by atoms with Crippen molar-refractivity contribution in [1.29, 1.82) is 0 Å². The molecule has 4 rings (SSSR count). The molecule has 150 valence electrons. The van der Waals surface area contributed by atoms with Crippen molar-refractivity contribution in [3.63, 3.8) is 0 Å². The van der Waals surface area contributed by atoms with Crippen LogP contribution in [0.3, 0.4) is 0 Å². The number of hydrogen-bond acceptors (Lipinski definition) is 4. The van der Waals surface area contributed by atoms with Crippen molar-refractivity contribution in [3.8, 4) is 0 Å². The fourth-order valence-electron chi connectivity index (χ4n) is 4.73. The standard InChI is InChI=1S/C21H28FN5O/c1-13(2)21-23-18(24-25-21)11-19(28)27-12-16(14-6-8-15(22)9-7-14)20-17(27)5-4-10-26(20)3/h6-9,13,16-17,20H,4-5,10-12H2,1-3H3,(H,23,24,25)/t16-,17-,20-/m1/s1. The third kappa shape index (κ3) is 3.55. The topological polar surface area (TPSA) is 65.1 Å². The SMILES string of the molecule is CC(C)c1n[nH]c(CC(=O)N2C[C@H](c3ccc(F)cc3)[C@@H]3[C@H]2CCCN3C)n1. The summed E-state index contributed by atoms with van der Waals surface area (Å²) in [5, 5.41) is 7.12. The number of carbonyl (C=O) groups is 1. The number of carbonyl (C=O) groups excluding carboxylic acids is 1. The van der Waals surface area contributed by atoms with Crippen LogP contribution in [0.5, 0.6) is 0 Å². The Labute approximate surface area is 165 Å². The van der Waals surface area contributed by atoms with Crippen LogP contribution in [0.4, 0.5) is 4.39 Å². The number of nitrogens with zero attached hydrogens (tertiary/aromatic N) is 4. The van der Waals surface area contributed by atoms with E-state index in [-0.39, 0.29) is 42.1 Å². The summed E-state index contributed by atoms with van der Waals surface area (Å²) in [7, 11) is 2.13. The number of hydrogen-bond donors (Lipinski definition) is 1. The van der Waals surface area contributed by atoms with Crippen LogP contribution in [0.2, 0.25) is 0 Å². The maximum atomic E-state index is 13.4. The molecule has 1 aromatic heterocycles. The van der Waals surface area contributed by atoms with Crippen molar-refractivity contribution in [2.45, 2.75) is 57.0 Å². The van der Waals surface area contributed by atoms with Crippen molar-refractivity contribution in [3.05, 3.63) is 47.3 Å². The van der Waals surface area contributed by atoms with Gasteiger partial charge in [-0.3, -0.25) is 9.89 Å². The van der Waals surface area contributed by atoms with Crippen molar-refractivity contribution in [1.82, 2.24) is 25.0 Å². The summed E-state index contributed by atoms with van der Waals surface area (Å²) in [5.41, 5.74) is 1.10. The first-order valence-electron chi connectivity index (χ1n) is 10.1. The molecular weight excluding hydrogens is 357 g/mol. The summed E-state index contributed by atoms with van der Waals surface area (Å²) >= 11 is 0. The number of benzene rings is 1. The van der Waals surface area contributed by atoms with Crippen molar-refractivity contribution < 1.29 is 9.18 Å². The largest absolute Gasteiger partial charge is 0.337 e. The van der Waals surface area contributed by atoms with E-state index in [0.717, 1.165) is 30.8 Å². The minimum absolute atomic E-state index is 0.0846.